The SMILES string of the molecule is C[C@@H]1[C@@H](C)CCC[C@H]1NC(=O)CN1CCN(CC(=O)Nc2ccc(F)cc2)CC1. The number of hydrogen-bond acceptors (Lipinski definition) is 4. The molecule has 0 unspecified atom stereocenters. The molecule has 1 aromatic carbocycles. The number of benzene rings is 1. The Morgan fingerprint density at radius 1 is 0.966 bits per heavy atom. The van der Waals surface area contributed by atoms with Gasteiger partial charge in [0.15, 0.2) is 0 Å². The van der Waals surface area contributed by atoms with E-state index in [0.29, 0.717) is 36.7 Å². The number of carbonyl (C=O) groups excluding carboxylic acids is 2. The summed E-state index contributed by atoms with van der Waals surface area (Å²) in [5, 5.41) is 6.02. The second-order valence-electron chi connectivity index (χ2n) is 8.55. The number of halogens is 1. The maximum atomic E-state index is 12.9. The van der Waals surface area contributed by atoms with Crippen molar-refractivity contribution < 1.29 is 14.0 Å². The van der Waals surface area contributed by atoms with Crippen LogP contribution in [0.5, 0.6) is 0 Å². The maximum absolute atomic E-state index is 12.9. The lowest BCUT2D eigenvalue weighted by Crippen LogP contribution is -2.52. The monoisotopic (exact) mass is 404 g/mol. The molecule has 2 fully saturated rings. The van der Waals surface area contributed by atoms with Gasteiger partial charge in [0.05, 0.1) is 13.1 Å². The van der Waals surface area contributed by atoms with Gasteiger partial charge in [-0.2, -0.15) is 0 Å². The van der Waals surface area contributed by atoms with E-state index in [1.165, 1.54) is 25.0 Å². The molecule has 2 N–H and O–H groups in total. The predicted octanol–water partition coefficient (Wildman–Crippen LogP) is 2.32. The first-order chi connectivity index (χ1) is 13.9. The molecule has 7 heteroatoms. The third-order valence-electron chi connectivity index (χ3n) is 6.38. The minimum Gasteiger partial charge on any atom is -0.352 e. The molecule has 6 nitrogen and oxygen atoms in total. The number of piperazine rings is 1. The minimum absolute atomic E-state index is 0.108. The van der Waals surface area contributed by atoms with Crippen molar-refractivity contribution >= 4 is 17.5 Å². The van der Waals surface area contributed by atoms with Gasteiger partial charge in [-0.1, -0.05) is 26.7 Å². The Bertz CT molecular complexity index is 689. The molecular formula is C22H33FN4O2. The molecule has 1 aliphatic heterocycles. The summed E-state index contributed by atoms with van der Waals surface area (Å²) in [6, 6.07) is 6.06. The Hall–Kier alpha value is -1.99. The highest BCUT2D eigenvalue weighted by molar-refractivity contribution is 5.92. The maximum Gasteiger partial charge on any atom is 0.238 e. The highest BCUT2D eigenvalue weighted by Crippen LogP contribution is 2.29. The quantitative estimate of drug-likeness (QED) is 0.764. The average molecular weight is 405 g/mol. The van der Waals surface area contributed by atoms with Crippen LogP contribution in [0.15, 0.2) is 24.3 Å². The van der Waals surface area contributed by atoms with Crippen LogP contribution in [0.2, 0.25) is 0 Å². The van der Waals surface area contributed by atoms with E-state index < -0.39 is 0 Å². The standard InChI is InChI=1S/C22H33FN4O2/c1-16-4-3-5-20(17(16)2)25-22(29)15-27-12-10-26(11-13-27)14-21(28)24-19-8-6-18(23)7-9-19/h6-9,16-17,20H,3-5,10-15H2,1-2H3,(H,24,28)(H,25,29)/t16-,17+,20+/m0/s1. The fourth-order valence-electron chi connectivity index (χ4n) is 4.28. The van der Waals surface area contributed by atoms with Crippen LogP contribution in [0.1, 0.15) is 33.1 Å². The summed E-state index contributed by atoms with van der Waals surface area (Å²) >= 11 is 0. The van der Waals surface area contributed by atoms with E-state index in [9.17, 15) is 14.0 Å². The van der Waals surface area contributed by atoms with Gasteiger partial charge in [-0.3, -0.25) is 19.4 Å². The Kier molecular flexibility index (Phi) is 7.61. The first kappa shape index (κ1) is 21.7. The molecule has 3 rings (SSSR count). The molecule has 2 aliphatic rings. The number of carbonyl (C=O) groups is 2. The van der Waals surface area contributed by atoms with E-state index in [0.717, 1.165) is 32.6 Å². The lowest BCUT2D eigenvalue weighted by atomic mass is 9.78. The molecule has 29 heavy (non-hydrogen) atoms. The van der Waals surface area contributed by atoms with E-state index in [1.54, 1.807) is 12.1 Å². The highest BCUT2D eigenvalue weighted by Gasteiger charge is 2.29. The zero-order valence-electron chi connectivity index (χ0n) is 17.5. The first-order valence-corrected chi connectivity index (χ1v) is 10.7. The van der Waals surface area contributed by atoms with Crippen LogP contribution >= 0.6 is 0 Å². The largest absolute Gasteiger partial charge is 0.352 e. The van der Waals surface area contributed by atoms with Crippen LogP contribution in [0.4, 0.5) is 10.1 Å². The summed E-state index contributed by atoms with van der Waals surface area (Å²) in [6.07, 6.45) is 3.52. The fraction of sp³-hybridized carbons (Fsp3) is 0.636. The van der Waals surface area contributed by atoms with Crippen molar-refractivity contribution in [1.29, 1.82) is 0 Å². The summed E-state index contributed by atoms with van der Waals surface area (Å²) in [5.74, 6) is 0.875. The number of anilines is 1. The zero-order valence-corrected chi connectivity index (χ0v) is 17.5. The molecule has 1 saturated carbocycles. The summed E-state index contributed by atoms with van der Waals surface area (Å²) in [7, 11) is 0. The van der Waals surface area contributed by atoms with Crippen LogP contribution in [-0.2, 0) is 9.59 Å². The zero-order chi connectivity index (χ0) is 20.8. The van der Waals surface area contributed by atoms with Gasteiger partial charge in [0.1, 0.15) is 5.82 Å². The number of hydrogen-bond donors (Lipinski definition) is 2. The number of nitrogens with zero attached hydrogens (tertiary/aromatic N) is 2. The lowest BCUT2D eigenvalue weighted by molar-refractivity contribution is -0.124. The lowest BCUT2D eigenvalue weighted by Gasteiger charge is -2.36. The third kappa shape index (κ3) is 6.51. The van der Waals surface area contributed by atoms with Crippen molar-refractivity contribution in [2.75, 3.05) is 44.6 Å². The molecule has 0 aromatic heterocycles. The molecular weight excluding hydrogens is 371 g/mol. The Labute approximate surface area is 172 Å². The minimum atomic E-state index is -0.324. The molecule has 3 atom stereocenters. The average Bonchev–Trinajstić information content (AvgIpc) is 2.69. The van der Waals surface area contributed by atoms with Gasteiger partial charge >= 0.3 is 0 Å². The van der Waals surface area contributed by atoms with Crippen molar-refractivity contribution in [2.24, 2.45) is 11.8 Å². The van der Waals surface area contributed by atoms with Crippen molar-refractivity contribution in [2.45, 2.75) is 39.2 Å². The Morgan fingerprint density at radius 3 is 2.17 bits per heavy atom. The van der Waals surface area contributed by atoms with E-state index >= 15 is 0 Å². The molecule has 0 bridgehead atoms. The van der Waals surface area contributed by atoms with Gasteiger partial charge in [-0.25, -0.2) is 4.39 Å². The fourth-order valence-corrected chi connectivity index (χ4v) is 4.28. The van der Waals surface area contributed by atoms with Gasteiger partial charge in [-0.05, 0) is 42.5 Å². The van der Waals surface area contributed by atoms with E-state index in [-0.39, 0.29) is 17.6 Å². The second kappa shape index (κ2) is 10.2. The van der Waals surface area contributed by atoms with Crippen molar-refractivity contribution in [3.8, 4) is 0 Å². The topological polar surface area (TPSA) is 64.7 Å². The molecule has 1 heterocycles. The molecule has 160 valence electrons. The van der Waals surface area contributed by atoms with Crippen LogP contribution in [-0.4, -0.2) is 66.9 Å². The predicted molar refractivity (Wildman–Crippen MR) is 112 cm³/mol. The van der Waals surface area contributed by atoms with E-state index in [1.807, 2.05) is 0 Å². The van der Waals surface area contributed by atoms with Crippen LogP contribution < -0.4 is 10.6 Å². The molecule has 1 aliphatic carbocycles. The molecule has 0 radical (unpaired) electrons. The molecule has 2 amide bonds. The third-order valence-corrected chi connectivity index (χ3v) is 6.38. The van der Waals surface area contributed by atoms with Gasteiger partial charge < -0.3 is 10.6 Å². The van der Waals surface area contributed by atoms with Gasteiger partial charge in [0, 0.05) is 37.9 Å². The number of nitrogens with one attached hydrogen (secondary N) is 2. The normalized spacial score (nSPS) is 26.1. The van der Waals surface area contributed by atoms with Crippen molar-refractivity contribution in [3.05, 3.63) is 30.1 Å². The number of rotatable bonds is 6. The molecule has 1 aromatic rings. The second-order valence-corrected chi connectivity index (χ2v) is 8.55. The van der Waals surface area contributed by atoms with E-state index in [2.05, 4.69) is 34.3 Å². The first-order valence-electron chi connectivity index (χ1n) is 10.7. The summed E-state index contributed by atoms with van der Waals surface area (Å²) in [5.41, 5.74) is 0.595. The number of amides is 2. The van der Waals surface area contributed by atoms with E-state index in [4.69, 9.17) is 0 Å². The summed E-state index contributed by atoms with van der Waals surface area (Å²) < 4.78 is 12.9. The van der Waals surface area contributed by atoms with Crippen molar-refractivity contribution in [3.63, 3.8) is 0 Å². The van der Waals surface area contributed by atoms with Gasteiger partial charge in [-0.15, -0.1) is 0 Å². The van der Waals surface area contributed by atoms with Crippen LogP contribution in [0, 0.1) is 17.7 Å². The Balaban J connectivity index is 1.36. The summed E-state index contributed by atoms with van der Waals surface area (Å²) in [6.45, 7) is 8.28. The highest BCUT2D eigenvalue weighted by atomic mass is 19.1. The molecule has 1 saturated heterocycles. The molecule has 0 spiro atoms. The van der Waals surface area contributed by atoms with Gasteiger partial charge in [0.25, 0.3) is 0 Å². The van der Waals surface area contributed by atoms with Crippen molar-refractivity contribution in [1.82, 2.24) is 15.1 Å². The summed E-state index contributed by atoms with van der Waals surface area (Å²) in [4.78, 5) is 28.9. The van der Waals surface area contributed by atoms with Crippen LogP contribution in [0.25, 0.3) is 0 Å². The Morgan fingerprint density at radius 2 is 1.55 bits per heavy atom. The van der Waals surface area contributed by atoms with Crippen LogP contribution in [0.3, 0.4) is 0 Å². The van der Waals surface area contributed by atoms with Gasteiger partial charge in [0.2, 0.25) is 11.8 Å². The smallest absolute Gasteiger partial charge is 0.238 e.